The lowest BCUT2D eigenvalue weighted by Crippen LogP contribution is -2.44. The normalized spacial score (nSPS) is 15.5. The highest BCUT2D eigenvalue weighted by Crippen LogP contribution is 2.10. The van der Waals surface area contributed by atoms with Crippen LogP contribution in [0.3, 0.4) is 0 Å². The van der Waals surface area contributed by atoms with Gasteiger partial charge < -0.3 is 19.6 Å². The summed E-state index contributed by atoms with van der Waals surface area (Å²) in [6, 6.07) is 1.58. The van der Waals surface area contributed by atoms with E-state index >= 15 is 0 Å². The van der Waals surface area contributed by atoms with E-state index in [-0.39, 0.29) is 24.3 Å². The van der Waals surface area contributed by atoms with E-state index in [0.717, 1.165) is 19.6 Å². The average molecular weight is 336 g/mol. The van der Waals surface area contributed by atoms with Gasteiger partial charge in [-0.25, -0.2) is 0 Å². The Morgan fingerprint density at radius 3 is 2.71 bits per heavy atom. The molecule has 0 aromatic carbocycles. The van der Waals surface area contributed by atoms with Gasteiger partial charge in [-0.3, -0.25) is 9.59 Å². The molecule has 1 fully saturated rings. The van der Waals surface area contributed by atoms with Crippen LogP contribution in [0.15, 0.2) is 16.9 Å². The minimum Gasteiger partial charge on any atom is -0.363 e. The van der Waals surface area contributed by atoms with Gasteiger partial charge in [-0.15, -0.1) is 0 Å². The Labute approximate surface area is 143 Å². The number of carbonyl (C=O) groups is 2. The van der Waals surface area contributed by atoms with Crippen LogP contribution >= 0.6 is 0 Å². The number of carbonyl (C=O) groups excluding carboxylic acids is 2. The number of likely N-dealkylation sites (tertiary alicyclic amines) is 1. The summed E-state index contributed by atoms with van der Waals surface area (Å²) >= 11 is 0. The molecular formula is C17H28N4O3. The maximum Gasteiger partial charge on any atom is 0.245 e. The third-order valence-electron chi connectivity index (χ3n) is 4.11. The van der Waals surface area contributed by atoms with Gasteiger partial charge >= 0.3 is 0 Å². The fourth-order valence-electron chi connectivity index (χ4n) is 2.85. The van der Waals surface area contributed by atoms with Crippen molar-refractivity contribution < 1.29 is 14.1 Å². The van der Waals surface area contributed by atoms with Crippen molar-refractivity contribution in [1.29, 1.82) is 0 Å². The first kappa shape index (κ1) is 18.4. The van der Waals surface area contributed by atoms with Gasteiger partial charge in [-0.2, -0.15) is 0 Å². The Morgan fingerprint density at radius 1 is 1.33 bits per heavy atom. The molecule has 1 aliphatic heterocycles. The Balaban J connectivity index is 1.88. The second-order valence-electron chi connectivity index (χ2n) is 6.75. The summed E-state index contributed by atoms with van der Waals surface area (Å²) in [6.45, 7) is 7.63. The molecule has 7 nitrogen and oxygen atoms in total. The zero-order chi connectivity index (χ0) is 17.4. The van der Waals surface area contributed by atoms with Gasteiger partial charge in [-0.05, 0) is 31.8 Å². The minimum absolute atomic E-state index is 0.0253. The highest BCUT2D eigenvalue weighted by molar-refractivity contribution is 5.93. The number of hydrogen-bond donors (Lipinski definition) is 1. The second-order valence-corrected chi connectivity index (χ2v) is 6.75. The third-order valence-corrected chi connectivity index (χ3v) is 4.11. The number of aromatic nitrogens is 1. The van der Waals surface area contributed by atoms with E-state index in [0.29, 0.717) is 18.8 Å². The van der Waals surface area contributed by atoms with E-state index in [1.807, 2.05) is 13.8 Å². The summed E-state index contributed by atoms with van der Waals surface area (Å²) in [5.74, 6) is 0.415. The molecule has 7 heteroatoms. The summed E-state index contributed by atoms with van der Waals surface area (Å²) in [5, 5.41) is 6.30. The van der Waals surface area contributed by atoms with E-state index in [1.165, 1.54) is 25.5 Å². The van der Waals surface area contributed by atoms with Crippen molar-refractivity contribution in [3.05, 3.63) is 12.3 Å². The first-order valence-corrected chi connectivity index (χ1v) is 8.75. The van der Waals surface area contributed by atoms with Crippen LogP contribution in [0.25, 0.3) is 0 Å². The van der Waals surface area contributed by atoms with Crippen LogP contribution in [0, 0.1) is 5.92 Å². The maximum atomic E-state index is 12.5. The number of hydrogen-bond acceptors (Lipinski definition) is 5. The molecular weight excluding hydrogens is 308 g/mol. The predicted octanol–water partition coefficient (Wildman–Crippen LogP) is 1.97. The average Bonchev–Trinajstić information content (AvgIpc) is 3.04. The highest BCUT2D eigenvalue weighted by atomic mass is 16.5. The molecule has 0 bridgehead atoms. The van der Waals surface area contributed by atoms with E-state index in [9.17, 15) is 9.59 Å². The summed E-state index contributed by atoms with van der Waals surface area (Å²) < 4.78 is 4.70. The van der Waals surface area contributed by atoms with E-state index in [2.05, 4.69) is 15.4 Å². The summed E-state index contributed by atoms with van der Waals surface area (Å²) in [7, 11) is 0. The lowest BCUT2D eigenvalue weighted by Gasteiger charge is -2.30. The second kappa shape index (κ2) is 9.42. The topological polar surface area (TPSA) is 78.7 Å². The summed E-state index contributed by atoms with van der Waals surface area (Å²) in [5.41, 5.74) is 0. The number of anilines is 1. The molecule has 24 heavy (non-hydrogen) atoms. The van der Waals surface area contributed by atoms with Crippen molar-refractivity contribution in [3.8, 4) is 0 Å². The monoisotopic (exact) mass is 336 g/mol. The Kier molecular flexibility index (Phi) is 7.24. The smallest absolute Gasteiger partial charge is 0.245 e. The van der Waals surface area contributed by atoms with Gasteiger partial charge in [-0.1, -0.05) is 25.4 Å². The van der Waals surface area contributed by atoms with Crippen molar-refractivity contribution in [3.63, 3.8) is 0 Å². The molecule has 1 aliphatic rings. The van der Waals surface area contributed by atoms with Crippen molar-refractivity contribution in [2.24, 2.45) is 5.92 Å². The van der Waals surface area contributed by atoms with E-state index < -0.39 is 0 Å². The molecule has 134 valence electrons. The zero-order valence-electron chi connectivity index (χ0n) is 14.7. The molecule has 0 saturated carbocycles. The molecule has 1 N–H and O–H groups in total. The summed E-state index contributed by atoms with van der Waals surface area (Å²) in [6.07, 6.45) is 5.57. The molecule has 1 aromatic heterocycles. The van der Waals surface area contributed by atoms with Crippen molar-refractivity contribution in [1.82, 2.24) is 15.0 Å². The Bertz CT molecular complexity index is 510. The number of amides is 2. The molecule has 0 atom stereocenters. The summed E-state index contributed by atoms with van der Waals surface area (Å²) in [4.78, 5) is 28.6. The fraction of sp³-hybridized carbons (Fsp3) is 0.706. The number of nitrogens with one attached hydrogen (secondary N) is 1. The van der Waals surface area contributed by atoms with Crippen LogP contribution in [0.2, 0.25) is 0 Å². The van der Waals surface area contributed by atoms with Crippen LogP contribution in [-0.2, 0) is 9.59 Å². The fourth-order valence-corrected chi connectivity index (χ4v) is 2.85. The Hall–Kier alpha value is -1.89. The van der Waals surface area contributed by atoms with Crippen LogP contribution in [-0.4, -0.2) is 59.5 Å². The van der Waals surface area contributed by atoms with Crippen LogP contribution in [0.5, 0.6) is 0 Å². The molecule has 0 radical (unpaired) electrons. The third kappa shape index (κ3) is 6.31. The molecule has 0 spiro atoms. The lowest BCUT2D eigenvalue weighted by atomic mass is 10.1. The predicted molar refractivity (Wildman–Crippen MR) is 91.5 cm³/mol. The SMILES string of the molecule is CC(C)CC(=O)N(CCN1CCCCC1)CC(=O)Nc1ccon1. The highest BCUT2D eigenvalue weighted by Gasteiger charge is 2.20. The van der Waals surface area contributed by atoms with Crippen LogP contribution < -0.4 is 5.32 Å². The van der Waals surface area contributed by atoms with Gasteiger partial charge in [0.2, 0.25) is 11.8 Å². The van der Waals surface area contributed by atoms with Crippen LogP contribution in [0.1, 0.15) is 39.5 Å². The lowest BCUT2D eigenvalue weighted by molar-refractivity contribution is -0.135. The van der Waals surface area contributed by atoms with Crippen molar-refractivity contribution in [2.75, 3.05) is 38.0 Å². The zero-order valence-corrected chi connectivity index (χ0v) is 14.7. The number of rotatable bonds is 8. The quantitative estimate of drug-likeness (QED) is 0.785. The van der Waals surface area contributed by atoms with Gasteiger partial charge in [0.05, 0.1) is 6.54 Å². The number of nitrogens with zero attached hydrogens (tertiary/aromatic N) is 3. The van der Waals surface area contributed by atoms with Gasteiger partial charge in [0.15, 0.2) is 5.82 Å². The molecule has 1 saturated heterocycles. The maximum absolute atomic E-state index is 12.5. The molecule has 2 rings (SSSR count). The van der Waals surface area contributed by atoms with Crippen molar-refractivity contribution in [2.45, 2.75) is 39.5 Å². The Morgan fingerprint density at radius 2 is 2.08 bits per heavy atom. The minimum atomic E-state index is -0.250. The molecule has 2 heterocycles. The molecule has 0 unspecified atom stereocenters. The van der Waals surface area contributed by atoms with Gasteiger partial charge in [0.1, 0.15) is 6.26 Å². The van der Waals surface area contributed by atoms with E-state index in [4.69, 9.17) is 4.52 Å². The molecule has 1 aromatic rings. The number of piperidine rings is 1. The first-order chi connectivity index (χ1) is 11.5. The molecule has 0 aliphatic carbocycles. The first-order valence-electron chi connectivity index (χ1n) is 8.75. The standard InChI is InChI=1S/C17H28N4O3/c1-14(2)12-17(23)21(10-9-20-7-4-3-5-8-20)13-16(22)18-15-6-11-24-19-15/h6,11,14H,3-5,7-10,12-13H2,1-2H3,(H,18,19,22). The van der Waals surface area contributed by atoms with Crippen LogP contribution in [0.4, 0.5) is 5.82 Å². The molecule has 2 amide bonds. The van der Waals surface area contributed by atoms with E-state index in [1.54, 1.807) is 11.0 Å². The van der Waals surface area contributed by atoms with Gasteiger partial charge in [0, 0.05) is 25.6 Å². The van der Waals surface area contributed by atoms with Crippen molar-refractivity contribution >= 4 is 17.6 Å². The van der Waals surface area contributed by atoms with Gasteiger partial charge in [0.25, 0.3) is 0 Å². The largest absolute Gasteiger partial charge is 0.363 e.